The lowest BCUT2D eigenvalue weighted by Gasteiger charge is -2.18. The van der Waals surface area contributed by atoms with Crippen LogP contribution in [-0.2, 0) is 19.6 Å². The second-order valence-corrected chi connectivity index (χ2v) is 7.50. The maximum absolute atomic E-state index is 12.9. The Morgan fingerprint density at radius 2 is 2.17 bits per heavy atom. The summed E-state index contributed by atoms with van der Waals surface area (Å²) < 4.78 is 26.2. The van der Waals surface area contributed by atoms with Crippen molar-refractivity contribution in [3.63, 3.8) is 0 Å². The summed E-state index contributed by atoms with van der Waals surface area (Å²) in [5.74, 6) is 1.04. The Labute approximate surface area is 171 Å². The second-order valence-electron chi connectivity index (χ2n) is 7.50. The lowest BCUT2D eigenvalue weighted by molar-refractivity contribution is 0.300. The Balaban J connectivity index is 1.39. The molecule has 1 aromatic carbocycles. The molecule has 0 spiro atoms. The van der Waals surface area contributed by atoms with Gasteiger partial charge in [-0.1, -0.05) is 0 Å². The summed E-state index contributed by atoms with van der Waals surface area (Å²) in [5.41, 5.74) is 3.07. The number of furan rings is 1. The highest BCUT2D eigenvalue weighted by Gasteiger charge is 2.21. The van der Waals surface area contributed by atoms with Gasteiger partial charge in [0.25, 0.3) is 5.56 Å². The highest BCUT2D eigenvalue weighted by molar-refractivity contribution is 5.84. The van der Waals surface area contributed by atoms with Crippen molar-refractivity contribution in [2.24, 2.45) is 0 Å². The van der Waals surface area contributed by atoms with Crippen molar-refractivity contribution < 1.29 is 13.5 Å². The van der Waals surface area contributed by atoms with Gasteiger partial charge in [-0.3, -0.25) is 14.3 Å². The fourth-order valence-corrected chi connectivity index (χ4v) is 3.74. The van der Waals surface area contributed by atoms with E-state index in [1.54, 1.807) is 22.9 Å². The number of halogens is 1. The maximum atomic E-state index is 12.9. The van der Waals surface area contributed by atoms with E-state index in [2.05, 4.69) is 17.2 Å². The standard InChI is InChI=1S/C23H20FN3O3/c1-14-8-21-20(12-25-14)19-5-4-17(9-22(19)30-21)27-7-6-18(10-23(27)28)29-13-16-3-2-15(24)11-26-16/h2-7,9-11,14,25H,8,12-13H2,1H3. The van der Waals surface area contributed by atoms with Crippen LogP contribution in [0.2, 0.25) is 0 Å². The summed E-state index contributed by atoms with van der Waals surface area (Å²) in [6.45, 7) is 3.08. The fourth-order valence-electron chi connectivity index (χ4n) is 3.74. The summed E-state index contributed by atoms with van der Waals surface area (Å²) >= 11 is 0. The van der Waals surface area contributed by atoms with Gasteiger partial charge >= 0.3 is 0 Å². The number of nitrogens with one attached hydrogen (secondary N) is 1. The van der Waals surface area contributed by atoms with E-state index in [1.807, 2.05) is 18.2 Å². The monoisotopic (exact) mass is 405 g/mol. The third-order valence-corrected chi connectivity index (χ3v) is 5.32. The Kier molecular flexibility index (Phi) is 4.59. The van der Waals surface area contributed by atoms with E-state index in [-0.39, 0.29) is 12.2 Å². The first-order valence-corrected chi connectivity index (χ1v) is 9.81. The maximum Gasteiger partial charge on any atom is 0.258 e. The summed E-state index contributed by atoms with van der Waals surface area (Å²) in [4.78, 5) is 16.6. The number of hydrogen-bond acceptors (Lipinski definition) is 5. The summed E-state index contributed by atoms with van der Waals surface area (Å²) in [6, 6.07) is 12.2. The molecule has 152 valence electrons. The van der Waals surface area contributed by atoms with Gasteiger partial charge in [0.05, 0.1) is 17.6 Å². The van der Waals surface area contributed by atoms with Crippen LogP contribution in [0.3, 0.4) is 0 Å². The van der Waals surface area contributed by atoms with Crippen LogP contribution >= 0.6 is 0 Å². The highest BCUT2D eigenvalue weighted by Crippen LogP contribution is 2.30. The van der Waals surface area contributed by atoms with Crippen LogP contribution in [0.4, 0.5) is 4.39 Å². The van der Waals surface area contributed by atoms with Crippen LogP contribution in [0.25, 0.3) is 16.7 Å². The average Bonchev–Trinajstić information content (AvgIpc) is 3.10. The number of hydrogen-bond donors (Lipinski definition) is 1. The van der Waals surface area contributed by atoms with E-state index >= 15 is 0 Å². The molecule has 0 radical (unpaired) electrons. The zero-order valence-electron chi connectivity index (χ0n) is 16.4. The summed E-state index contributed by atoms with van der Waals surface area (Å²) in [5, 5.41) is 4.53. The first-order valence-electron chi connectivity index (χ1n) is 9.81. The first kappa shape index (κ1) is 18.6. The van der Waals surface area contributed by atoms with Crippen LogP contribution in [0.5, 0.6) is 5.75 Å². The van der Waals surface area contributed by atoms with Gasteiger partial charge in [0.1, 0.15) is 29.5 Å². The molecule has 4 heterocycles. The number of aromatic nitrogens is 2. The normalized spacial score (nSPS) is 15.9. The summed E-state index contributed by atoms with van der Waals surface area (Å²) in [7, 11) is 0. The number of fused-ring (bicyclic) bond motifs is 3. The fraction of sp³-hybridized carbons (Fsp3) is 0.217. The van der Waals surface area contributed by atoms with Crippen molar-refractivity contribution in [3.8, 4) is 11.4 Å². The molecule has 1 atom stereocenters. The van der Waals surface area contributed by atoms with Gasteiger partial charge in [-0.2, -0.15) is 0 Å². The van der Waals surface area contributed by atoms with Crippen LogP contribution in [0.1, 0.15) is 23.9 Å². The third-order valence-electron chi connectivity index (χ3n) is 5.32. The minimum absolute atomic E-state index is 0.153. The Morgan fingerprint density at radius 1 is 1.27 bits per heavy atom. The lowest BCUT2D eigenvalue weighted by Crippen LogP contribution is -2.32. The first-order chi connectivity index (χ1) is 14.6. The molecule has 0 bridgehead atoms. The molecule has 1 aliphatic rings. The van der Waals surface area contributed by atoms with Gasteiger partial charge in [-0.15, -0.1) is 0 Å². The van der Waals surface area contributed by atoms with E-state index in [4.69, 9.17) is 9.15 Å². The molecule has 6 nitrogen and oxygen atoms in total. The third kappa shape index (κ3) is 3.48. The topological polar surface area (TPSA) is 69.3 Å². The van der Waals surface area contributed by atoms with E-state index in [9.17, 15) is 9.18 Å². The lowest BCUT2D eigenvalue weighted by atomic mass is 10.0. The number of pyridine rings is 2. The summed E-state index contributed by atoms with van der Waals surface area (Å²) in [6.07, 6.45) is 3.66. The SMILES string of the molecule is CC1Cc2oc3cc(-n4ccc(OCc5ccc(F)cn5)cc4=O)ccc3c2CN1. The van der Waals surface area contributed by atoms with E-state index in [1.165, 1.54) is 17.7 Å². The van der Waals surface area contributed by atoms with Crippen molar-refractivity contribution in [2.75, 3.05) is 0 Å². The van der Waals surface area contributed by atoms with Crippen LogP contribution < -0.4 is 15.6 Å². The van der Waals surface area contributed by atoms with Crippen molar-refractivity contribution in [2.45, 2.75) is 32.5 Å². The molecule has 4 aromatic rings. The molecule has 0 saturated carbocycles. The van der Waals surface area contributed by atoms with Crippen molar-refractivity contribution >= 4 is 11.0 Å². The van der Waals surface area contributed by atoms with E-state index in [0.717, 1.165) is 41.6 Å². The predicted octanol–water partition coefficient (Wildman–Crippen LogP) is 3.73. The van der Waals surface area contributed by atoms with Crippen LogP contribution in [0.15, 0.2) is 64.1 Å². The molecule has 7 heteroatoms. The Hall–Kier alpha value is -3.45. The van der Waals surface area contributed by atoms with E-state index < -0.39 is 5.82 Å². The Bertz CT molecular complexity index is 1280. The molecule has 1 N–H and O–H groups in total. The van der Waals surface area contributed by atoms with Crippen LogP contribution in [0, 0.1) is 5.82 Å². The van der Waals surface area contributed by atoms with Gasteiger partial charge in [-0.25, -0.2) is 4.39 Å². The van der Waals surface area contributed by atoms with Crippen molar-refractivity contribution in [1.29, 1.82) is 0 Å². The number of nitrogens with zero attached hydrogens (tertiary/aromatic N) is 2. The highest BCUT2D eigenvalue weighted by atomic mass is 19.1. The second kappa shape index (κ2) is 7.42. The zero-order chi connectivity index (χ0) is 20.7. The molecule has 30 heavy (non-hydrogen) atoms. The molecule has 1 unspecified atom stereocenters. The van der Waals surface area contributed by atoms with Crippen molar-refractivity contribution in [3.05, 3.63) is 88.0 Å². The largest absolute Gasteiger partial charge is 0.487 e. The average molecular weight is 405 g/mol. The van der Waals surface area contributed by atoms with Gasteiger partial charge in [0.15, 0.2) is 0 Å². The van der Waals surface area contributed by atoms with Crippen LogP contribution in [-0.4, -0.2) is 15.6 Å². The van der Waals surface area contributed by atoms with E-state index in [0.29, 0.717) is 17.5 Å². The molecule has 0 fully saturated rings. The quantitative estimate of drug-likeness (QED) is 0.560. The molecule has 1 aliphatic heterocycles. The molecule has 5 rings (SSSR count). The predicted molar refractivity (Wildman–Crippen MR) is 110 cm³/mol. The molecular weight excluding hydrogens is 385 g/mol. The zero-order valence-corrected chi connectivity index (χ0v) is 16.4. The Morgan fingerprint density at radius 3 is 2.97 bits per heavy atom. The minimum Gasteiger partial charge on any atom is -0.487 e. The molecule has 0 saturated heterocycles. The molecular formula is C23H20FN3O3. The van der Waals surface area contributed by atoms with Gasteiger partial charge in [0, 0.05) is 48.3 Å². The number of ether oxygens (including phenoxy) is 1. The molecule has 3 aromatic heterocycles. The van der Waals surface area contributed by atoms with Gasteiger partial charge in [0.2, 0.25) is 0 Å². The van der Waals surface area contributed by atoms with Crippen molar-refractivity contribution in [1.82, 2.24) is 14.9 Å². The van der Waals surface area contributed by atoms with Gasteiger partial charge < -0.3 is 14.5 Å². The smallest absolute Gasteiger partial charge is 0.258 e. The molecule has 0 amide bonds. The number of rotatable bonds is 4. The number of benzene rings is 1. The minimum atomic E-state index is -0.401. The van der Waals surface area contributed by atoms with Gasteiger partial charge in [-0.05, 0) is 37.3 Å². The molecule has 0 aliphatic carbocycles.